The first kappa shape index (κ1) is 20.0. The lowest BCUT2D eigenvalue weighted by atomic mass is 9.69. The smallest absolute Gasteiger partial charge is 0.00141 e. The normalized spacial score (nSPS) is 33.7. The third-order valence-electron chi connectivity index (χ3n) is 6.15. The largest absolute Gasteiger partial charge is 0.330 e. The summed E-state index contributed by atoms with van der Waals surface area (Å²) in [5.74, 6) is 4.93. The monoisotopic (exact) mass is 310 g/mol. The zero-order valence-electron chi connectivity index (χ0n) is 15.7. The van der Waals surface area contributed by atoms with Crippen molar-refractivity contribution >= 4 is 0 Å². The molecule has 3 N–H and O–H groups in total. The van der Waals surface area contributed by atoms with Crippen LogP contribution in [0.25, 0.3) is 0 Å². The molecule has 0 saturated heterocycles. The third-order valence-corrected chi connectivity index (χ3v) is 6.15. The Morgan fingerprint density at radius 1 is 0.955 bits per heavy atom. The van der Waals surface area contributed by atoms with Crippen molar-refractivity contribution in [2.45, 2.75) is 78.6 Å². The fourth-order valence-electron chi connectivity index (χ4n) is 4.26. The zero-order chi connectivity index (χ0) is 16.4. The first-order chi connectivity index (χ1) is 10.6. The highest BCUT2D eigenvalue weighted by Crippen LogP contribution is 2.41. The van der Waals surface area contributed by atoms with Gasteiger partial charge < -0.3 is 11.1 Å². The number of hydrogen-bond donors (Lipinski definition) is 2. The predicted octanol–water partition coefficient (Wildman–Crippen LogP) is 4.83. The third kappa shape index (κ3) is 7.46. The molecule has 22 heavy (non-hydrogen) atoms. The molecule has 0 aromatic heterocycles. The molecule has 0 aromatic carbocycles. The lowest BCUT2D eigenvalue weighted by molar-refractivity contribution is 0.149. The minimum Gasteiger partial charge on any atom is -0.330 e. The molecule has 0 radical (unpaired) electrons. The van der Waals surface area contributed by atoms with Crippen LogP contribution in [0.4, 0.5) is 0 Å². The second-order valence-corrected chi connectivity index (χ2v) is 8.11. The molecule has 0 spiro atoms. The summed E-state index contributed by atoms with van der Waals surface area (Å²) in [7, 11) is 1.94. The van der Waals surface area contributed by atoms with Gasteiger partial charge in [-0.05, 0) is 75.4 Å². The van der Waals surface area contributed by atoms with E-state index in [1.54, 1.807) is 25.7 Å². The Labute approximate surface area is 140 Å². The van der Waals surface area contributed by atoms with Crippen LogP contribution in [0, 0.1) is 29.6 Å². The molecule has 2 nitrogen and oxygen atoms in total. The van der Waals surface area contributed by atoms with E-state index >= 15 is 0 Å². The van der Waals surface area contributed by atoms with Crippen LogP contribution in [0.5, 0.6) is 0 Å². The Morgan fingerprint density at radius 3 is 1.82 bits per heavy atom. The van der Waals surface area contributed by atoms with Crippen LogP contribution >= 0.6 is 0 Å². The lowest BCUT2D eigenvalue weighted by Crippen LogP contribution is -2.25. The van der Waals surface area contributed by atoms with E-state index in [9.17, 15) is 0 Å². The Morgan fingerprint density at radius 2 is 1.45 bits per heavy atom. The second-order valence-electron chi connectivity index (χ2n) is 8.11. The first-order valence-electron chi connectivity index (χ1n) is 9.95. The average Bonchev–Trinajstić information content (AvgIpc) is 2.56. The fourth-order valence-corrected chi connectivity index (χ4v) is 4.26. The van der Waals surface area contributed by atoms with Crippen molar-refractivity contribution in [3.05, 3.63) is 0 Å². The van der Waals surface area contributed by atoms with E-state index in [1.165, 1.54) is 32.1 Å². The van der Waals surface area contributed by atoms with Crippen LogP contribution in [0.3, 0.4) is 0 Å². The Hall–Kier alpha value is -0.0800. The molecule has 0 amide bonds. The van der Waals surface area contributed by atoms with Crippen LogP contribution in [0.15, 0.2) is 0 Å². The summed E-state index contributed by atoms with van der Waals surface area (Å²) in [6.45, 7) is 8.73. The van der Waals surface area contributed by atoms with Gasteiger partial charge in [0.15, 0.2) is 0 Å². The predicted molar refractivity (Wildman–Crippen MR) is 99.0 cm³/mol. The highest BCUT2D eigenvalue weighted by molar-refractivity contribution is 4.80. The molecular formula is C20H42N2. The molecule has 2 rings (SSSR count). The lowest BCUT2D eigenvalue weighted by Gasteiger charge is -2.37. The quantitative estimate of drug-likeness (QED) is 0.763. The molecule has 0 bridgehead atoms. The molecule has 1 atom stereocenters. The van der Waals surface area contributed by atoms with Gasteiger partial charge in [0.05, 0.1) is 0 Å². The Balaban J connectivity index is 0.000000295. The molecule has 2 heteroatoms. The molecule has 2 aliphatic rings. The number of nitrogens with one attached hydrogen (secondary N) is 1. The highest BCUT2D eigenvalue weighted by atomic mass is 14.8. The molecule has 0 heterocycles. The summed E-state index contributed by atoms with van der Waals surface area (Å²) < 4.78 is 0. The SMILES string of the molecule is CCC1CCC(C2CCC(C)CC2)CC1.CNCC(C)CN. The van der Waals surface area contributed by atoms with Gasteiger partial charge in [-0.15, -0.1) is 0 Å². The summed E-state index contributed by atoms with van der Waals surface area (Å²) >= 11 is 0. The fraction of sp³-hybridized carbons (Fsp3) is 1.00. The van der Waals surface area contributed by atoms with Crippen LogP contribution in [-0.4, -0.2) is 20.1 Å². The van der Waals surface area contributed by atoms with Crippen LogP contribution < -0.4 is 11.1 Å². The van der Waals surface area contributed by atoms with E-state index in [4.69, 9.17) is 5.73 Å². The average molecular weight is 311 g/mol. The number of rotatable bonds is 5. The summed E-state index contributed by atoms with van der Waals surface area (Å²) in [5, 5.41) is 3.04. The van der Waals surface area contributed by atoms with E-state index in [-0.39, 0.29) is 0 Å². The molecule has 132 valence electrons. The Kier molecular flexibility index (Phi) is 10.4. The van der Waals surface area contributed by atoms with Crippen molar-refractivity contribution in [1.29, 1.82) is 0 Å². The minimum absolute atomic E-state index is 0.616. The summed E-state index contributed by atoms with van der Waals surface area (Å²) in [6.07, 6.45) is 13.7. The molecular weight excluding hydrogens is 268 g/mol. The van der Waals surface area contributed by atoms with Crippen molar-refractivity contribution < 1.29 is 0 Å². The van der Waals surface area contributed by atoms with Gasteiger partial charge in [0.1, 0.15) is 0 Å². The van der Waals surface area contributed by atoms with E-state index in [0.717, 1.165) is 36.8 Å². The minimum atomic E-state index is 0.616. The molecule has 1 unspecified atom stereocenters. The van der Waals surface area contributed by atoms with Gasteiger partial charge in [-0.3, -0.25) is 0 Å². The highest BCUT2D eigenvalue weighted by Gasteiger charge is 2.29. The molecule has 2 saturated carbocycles. The van der Waals surface area contributed by atoms with Crippen molar-refractivity contribution in [2.24, 2.45) is 35.3 Å². The van der Waals surface area contributed by atoms with Gasteiger partial charge in [-0.25, -0.2) is 0 Å². The maximum absolute atomic E-state index is 5.32. The Bertz CT molecular complexity index is 250. The summed E-state index contributed by atoms with van der Waals surface area (Å²) in [6, 6.07) is 0. The summed E-state index contributed by atoms with van der Waals surface area (Å²) in [5.41, 5.74) is 5.32. The van der Waals surface area contributed by atoms with Crippen LogP contribution in [0.2, 0.25) is 0 Å². The van der Waals surface area contributed by atoms with E-state index in [2.05, 4.69) is 26.1 Å². The number of nitrogens with two attached hydrogens (primary N) is 1. The van der Waals surface area contributed by atoms with Crippen molar-refractivity contribution in [1.82, 2.24) is 5.32 Å². The van der Waals surface area contributed by atoms with E-state index < -0.39 is 0 Å². The van der Waals surface area contributed by atoms with E-state index in [0.29, 0.717) is 5.92 Å². The molecule has 2 fully saturated rings. The maximum atomic E-state index is 5.32. The molecule has 0 aliphatic heterocycles. The van der Waals surface area contributed by atoms with Crippen molar-refractivity contribution in [2.75, 3.05) is 20.1 Å². The van der Waals surface area contributed by atoms with Crippen molar-refractivity contribution in [3.63, 3.8) is 0 Å². The van der Waals surface area contributed by atoms with Gasteiger partial charge in [0.2, 0.25) is 0 Å². The van der Waals surface area contributed by atoms with Gasteiger partial charge in [0.25, 0.3) is 0 Å². The van der Waals surface area contributed by atoms with Gasteiger partial charge >= 0.3 is 0 Å². The van der Waals surface area contributed by atoms with Gasteiger partial charge in [-0.1, -0.05) is 52.9 Å². The molecule has 0 aromatic rings. The standard InChI is InChI=1S/C15H28.C5H14N2/c1-3-13-6-10-15(11-7-13)14-8-4-12(2)5-9-14;1-5(3-6)4-7-2/h12-15H,3-11H2,1-2H3;5,7H,3-4,6H2,1-2H3. The van der Waals surface area contributed by atoms with Gasteiger partial charge in [0, 0.05) is 0 Å². The second kappa shape index (κ2) is 11.5. The first-order valence-corrected chi connectivity index (χ1v) is 9.95. The summed E-state index contributed by atoms with van der Waals surface area (Å²) in [4.78, 5) is 0. The van der Waals surface area contributed by atoms with Gasteiger partial charge in [-0.2, -0.15) is 0 Å². The maximum Gasteiger partial charge on any atom is -0.00141 e. The van der Waals surface area contributed by atoms with E-state index in [1.807, 2.05) is 7.05 Å². The topological polar surface area (TPSA) is 38.0 Å². The number of hydrogen-bond acceptors (Lipinski definition) is 2. The zero-order valence-corrected chi connectivity index (χ0v) is 15.7. The molecule has 2 aliphatic carbocycles. The van der Waals surface area contributed by atoms with Crippen LogP contribution in [0.1, 0.15) is 78.6 Å². The van der Waals surface area contributed by atoms with Crippen LogP contribution in [-0.2, 0) is 0 Å². The van der Waals surface area contributed by atoms with Crippen molar-refractivity contribution in [3.8, 4) is 0 Å².